The number of halogens is 1. The summed E-state index contributed by atoms with van der Waals surface area (Å²) in [5, 5.41) is 2.89. The molecule has 0 aliphatic carbocycles. The molecule has 1 N–H and O–H groups in total. The SMILES string of the molecule is COc1ccc(C(=O)Nc2ccc(C)c(C)c2)cc1Br. The van der Waals surface area contributed by atoms with Gasteiger partial charge in [0.1, 0.15) is 5.75 Å². The van der Waals surface area contributed by atoms with Crippen LogP contribution >= 0.6 is 15.9 Å². The summed E-state index contributed by atoms with van der Waals surface area (Å²) >= 11 is 3.38. The van der Waals surface area contributed by atoms with Gasteiger partial charge in [-0.05, 0) is 71.2 Å². The van der Waals surface area contributed by atoms with Gasteiger partial charge in [-0.3, -0.25) is 4.79 Å². The molecule has 0 aliphatic heterocycles. The van der Waals surface area contributed by atoms with Crippen LogP contribution in [0.5, 0.6) is 5.75 Å². The molecule has 0 bridgehead atoms. The van der Waals surface area contributed by atoms with Crippen molar-refractivity contribution in [1.82, 2.24) is 0 Å². The van der Waals surface area contributed by atoms with E-state index in [2.05, 4.69) is 21.2 Å². The van der Waals surface area contributed by atoms with Crippen molar-refractivity contribution in [3.05, 3.63) is 57.6 Å². The first-order valence-corrected chi connectivity index (χ1v) is 7.02. The Bertz CT molecular complexity index is 653. The van der Waals surface area contributed by atoms with E-state index >= 15 is 0 Å². The van der Waals surface area contributed by atoms with Crippen molar-refractivity contribution in [2.24, 2.45) is 0 Å². The average molecular weight is 334 g/mol. The Morgan fingerprint density at radius 1 is 1.10 bits per heavy atom. The second-order valence-electron chi connectivity index (χ2n) is 4.60. The molecule has 104 valence electrons. The van der Waals surface area contributed by atoms with Crippen LogP contribution in [0.3, 0.4) is 0 Å². The molecule has 0 atom stereocenters. The standard InChI is InChI=1S/C16H16BrNO2/c1-10-4-6-13(8-11(10)2)18-16(19)12-5-7-15(20-3)14(17)9-12/h4-9H,1-3H3,(H,18,19). The van der Waals surface area contributed by atoms with E-state index in [4.69, 9.17) is 4.74 Å². The van der Waals surface area contributed by atoms with Crippen LogP contribution in [-0.4, -0.2) is 13.0 Å². The molecule has 0 fully saturated rings. The summed E-state index contributed by atoms with van der Waals surface area (Å²) in [5.74, 6) is 0.560. The van der Waals surface area contributed by atoms with Crippen molar-refractivity contribution in [3.8, 4) is 5.75 Å². The largest absolute Gasteiger partial charge is 0.496 e. The predicted octanol–water partition coefficient (Wildman–Crippen LogP) is 4.33. The van der Waals surface area contributed by atoms with Crippen molar-refractivity contribution in [3.63, 3.8) is 0 Å². The van der Waals surface area contributed by atoms with E-state index in [9.17, 15) is 4.79 Å². The Kier molecular flexibility index (Phi) is 4.45. The molecular formula is C16H16BrNO2. The van der Waals surface area contributed by atoms with Gasteiger partial charge in [-0.15, -0.1) is 0 Å². The van der Waals surface area contributed by atoms with Crippen LogP contribution in [0.1, 0.15) is 21.5 Å². The Morgan fingerprint density at radius 3 is 2.45 bits per heavy atom. The van der Waals surface area contributed by atoms with E-state index in [1.165, 1.54) is 5.56 Å². The molecule has 1 amide bonds. The lowest BCUT2D eigenvalue weighted by Crippen LogP contribution is -2.12. The van der Waals surface area contributed by atoms with Crippen LogP contribution in [0, 0.1) is 13.8 Å². The number of aryl methyl sites for hydroxylation is 2. The number of rotatable bonds is 3. The van der Waals surface area contributed by atoms with Gasteiger partial charge in [0.25, 0.3) is 5.91 Å². The molecule has 0 spiro atoms. The third kappa shape index (κ3) is 3.20. The molecule has 0 radical (unpaired) electrons. The van der Waals surface area contributed by atoms with E-state index in [0.717, 1.165) is 15.7 Å². The highest BCUT2D eigenvalue weighted by molar-refractivity contribution is 9.10. The highest BCUT2D eigenvalue weighted by Crippen LogP contribution is 2.26. The fourth-order valence-electron chi connectivity index (χ4n) is 1.83. The van der Waals surface area contributed by atoms with Gasteiger partial charge in [0, 0.05) is 11.3 Å². The number of anilines is 1. The molecule has 2 aromatic carbocycles. The Hall–Kier alpha value is -1.81. The number of amides is 1. The minimum atomic E-state index is -0.142. The summed E-state index contributed by atoms with van der Waals surface area (Å²) in [6.45, 7) is 4.07. The molecule has 3 nitrogen and oxygen atoms in total. The van der Waals surface area contributed by atoms with Gasteiger partial charge >= 0.3 is 0 Å². The Labute approximate surface area is 127 Å². The van der Waals surface area contributed by atoms with Gasteiger partial charge in [-0.1, -0.05) is 6.07 Å². The van der Waals surface area contributed by atoms with Crippen molar-refractivity contribution < 1.29 is 9.53 Å². The van der Waals surface area contributed by atoms with Crippen LogP contribution in [0.15, 0.2) is 40.9 Å². The van der Waals surface area contributed by atoms with Crippen LogP contribution in [0.25, 0.3) is 0 Å². The van der Waals surface area contributed by atoms with Gasteiger partial charge in [-0.2, -0.15) is 0 Å². The Morgan fingerprint density at radius 2 is 1.85 bits per heavy atom. The number of carbonyl (C=O) groups excluding carboxylic acids is 1. The van der Waals surface area contributed by atoms with Crippen molar-refractivity contribution in [2.45, 2.75) is 13.8 Å². The first-order chi connectivity index (χ1) is 9.51. The summed E-state index contributed by atoms with van der Waals surface area (Å²) in [6, 6.07) is 11.1. The minimum Gasteiger partial charge on any atom is -0.496 e. The zero-order valence-corrected chi connectivity index (χ0v) is 13.2. The topological polar surface area (TPSA) is 38.3 Å². The maximum absolute atomic E-state index is 12.2. The summed E-state index contributed by atoms with van der Waals surface area (Å²) in [5.41, 5.74) is 3.73. The molecule has 20 heavy (non-hydrogen) atoms. The smallest absolute Gasteiger partial charge is 0.255 e. The second-order valence-corrected chi connectivity index (χ2v) is 5.46. The average Bonchev–Trinajstić information content (AvgIpc) is 2.42. The maximum atomic E-state index is 12.2. The fraction of sp³-hybridized carbons (Fsp3) is 0.188. The highest BCUT2D eigenvalue weighted by atomic mass is 79.9. The Balaban J connectivity index is 2.19. The second kappa shape index (κ2) is 6.09. The third-order valence-electron chi connectivity index (χ3n) is 3.18. The molecule has 2 aromatic rings. The number of ether oxygens (including phenoxy) is 1. The first-order valence-electron chi connectivity index (χ1n) is 6.23. The van der Waals surface area contributed by atoms with Gasteiger partial charge in [0.15, 0.2) is 0 Å². The normalized spacial score (nSPS) is 10.2. The van der Waals surface area contributed by atoms with Crippen molar-refractivity contribution in [2.75, 3.05) is 12.4 Å². The van der Waals surface area contributed by atoms with Crippen LogP contribution in [-0.2, 0) is 0 Å². The van der Waals surface area contributed by atoms with E-state index in [0.29, 0.717) is 11.3 Å². The molecule has 4 heteroatoms. The summed E-state index contributed by atoms with van der Waals surface area (Å²) < 4.78 is 5.91. The summed E-state index contributed by atoms with van der Waals surface area (Å²) in [7, 11) is 1.59. The number of hydrogen-bond donors (Lipinski definition) is 1. The zero-order chi connectivity index (χ0) is 14.7. The predicted molar refractivity (Wildman–Crippen MR) is 84.6 cm³/mol. The minimum absolute atomic E-state index is 0.142. The third-order valence-corrected chi connectivity index (χ3v) is 3.80. The molecule has 0 saturated carbocycles. The highest BCUT2D eigenvalue weighted by Gasteiger charge is 2.09. The van der Waals surface area contributed by atoms with Gasteiger partial charge < -0.3 is 10.1 Å². The lowest BCUT2D eigenvalue weighted by Gasteiger charge is -2.09. The number of methoxy groups -OCH3 is 1. The lowest BCUT2D eigenvalue weighted by molar-refractivity contribution is 0.102. The first kappa shape index (κ1) is 14.6. The molecule has 0 aromatic heterocycles. The molecule has 0 saturated heterocycles. The lowest BCUT2D eigenvalue weighted by atomic mass is 10.1. The quantitative estimate of drug-likeness (QED) is 0.907. The molecular weight excluding hydrogens is 318 g/mol. The number of benzene rings is 2. The van der Waals surface area contributed by atoms with E-state index in [1.54, 1.807) is 25.3 Å². The van der Waals surface area contributed by atoms with Gasteiger partial charge in [0.05, 0.1) is 11.6 Å². The number of carbonyl (C=O) groups is 1. The molecule has 2 rings (SSSR count). The van der Waals surface area contributed by atoms with Crippen LogP contribution in [0.4, 0.5) is 5.69 Å². The number of nitrogens with one attached hydrogen (secondary N) is 1. The molecule has 0 aliphatic rings. The molecule has 0 unspecified atom stereocenters. The van der Waals surface area contributed by atoms with Crippen LogP contribution in [0.2, 0.25) is 0 Å². The fourth-order valence-corrected chi connectivity index (χ4v) is 2.37. The monoisotopic (exact) mass is 333 g/mol. The van der Waals surface area contributed by atoms with Gasteiger partial charge in [0.2, 0.25) is 0 Å². The zero-order valence-electron chi connectivity index (χ0n) is 11.7. The van der Waals surface area contributed by atoms with Crippen molar-refractivity contribution >= 4 is 27.5 Å². The summed E-state index contributed by atoms with van der Waals surface area (Å²) in [4.78, 5) is 12.2. The van der Waals surface area contributed by atoms with Crippen LogP contribution < -0.4 is 10.1 Å². The van der Waals surface area contributed by atoms with Crippen molar-refractivity contribution in [1.29, 1.82) is 0 Å². The summed E-state index contributed by atoms with van der Waals surface area (Å²) in [6.07, 6.45) is 0. The van der Waals surface area contributed by atoms with E-state index < -0.39 is 0 Å². The van der Waals surface area contributed by atoms with E-state index in [1.807, 2.05) is 32.0 Å². The van der Waals surface area contributed by atoms with E-state index in [-0.39, 0.29) is 5.91 Å². The maximum Gasteiger partial charge on any atom is 0.255 e. The molecule has 0 heterocycles. The van der Waals surface area contributed by atoms with Gasteiger partial charge in [-0.25, -0.2) is 0 Å². The number of hydrogen-bond acceptors (Lipinski definition) is 2.